The van der Waals surface area contributed by atoms with Gasteiger partial charge in [0.2, 0.25) is 0 Å². The minimum atomic E-state index is -0.857. The molecular formula is C21H23N3O3S. The van der Waals surface area contributed by atoms with Crippen molar-refractivity contribution in [1.29, 1.82) is 5.26 Å². The van der Waals surface area contributed by atoms with E-state index in [9.17, 15) is 14.9 Å². The zero-order valence-electron chi connectivity index (χ0n) is 16.0. The van der Waals surface area contributed by atoms with Crippen LogP contribution in [0.15, 0.2) is 41.4 Å². The number of hydrogen-bond acceptors (Lipinski definition) is 5. The van der Waals surface area contributed by atoms with E-state index in [0.29, 0.717) is 17.8 Å². The molecule has 1 unspecified atom stereocenters. The number of hydrogen-bond donors (Lipinski definition) is 1. The minimum absolute atomic E-state index is 0.0287. The van der Waals surface area contributed by atoms with Gasteiger partial charge in [-0.3, -0.25) is 9.59 Å². The van der Waals surface area contributed by atoms with E-state index in [1.54, 1.807) is 23.5 Å². The van der Waals surface area contributed by atoms with Crippen molar-refractivity contribution >= 4 is 29.3 Å². The molecule has 0 radical (unpaired) electrons. The van der Waals surface area contributed by atoms with Crippen LogP contribution in [0, 0.1) is 11.3 Å². The summed E-state index contributed by atoms with van der Waals surface area (Å²) in [5, 5.41) is 20.9. The van der Waals surface area contributed by atoms with Crippen LogP contribution in [-0.4, -0.2) is 33.9 Å². The maximum absolute atomic E-state index is 13.0. The molecule has 1 atom stereocenters. The fourth-order valence-electron chi connectivity index (χ4n) is 3.06. The Morgan fingerprint density at radius 3 is 2.75 bits per heavy atom. The number of aromatic nitrogens is 1. The highest BCUT2D eigenvalue weighted by molar-refractivity contribution is 7.10. The van der Waals surface area contributed by atoms with E-state index < -0.39 is 5.97 Å². The summed E-state index contributed by atoms with van der Waals surface area (Å²) in [4.78, 5) is 29.7. The average Bonchev–Trinajstić information content (AvgIpc) is 3.21. The number of carboxylic acid groups (broad SMARTS) is 1. The van der Waals surface area contributed by atoms with E-state index in [2.05, 4.69) is 4.98 Å². The predicted octanol–water partition coefficient (Wildman–Crippen LogP) is 4.07. The maximum Gasteiger partial charge on any atom is 0.303 e. The third kappa shape index (κ3) is 5.51. The lowest BCUT2D eigenvalue weighted by Crippen LogP contribution is -2.32. The van der Waals surface area contributed by atoms with Gasteiger partial charge in [0, 0.05) is 25.0 Å². The lowest BCUT2D eigenvalue weighted by atomic mass is 9.93. The van der Waals surface area contributed by atoms with Gasteiger partial charge in [-0.15, -0.1) is 11.3 Å². The molecule has 2 rings (SSSR count). The lowest BCUT2D eigenvalue weighted by molar-refractivity contribution is -0.137. The fourth-order valence-corrected chi connectivity index (χ4v) is 3.63. The molecule has 1 amide bonds. The number of nitrogens with zero attached hydrogens (tertiary/aromatic N) is 3. The van der Waals surface area contributed by atoms with Crippen molar-refractivity contribution in [3.63, 3.8) is 0 Å². The van der Waals surface area contributed by atoms with Gasteiger partial charge in [0.1, 0.15) is 16.6 Å². The normalized spacial score (nSPS) is 12.2. The SMILES string of the molecule is CCCC(c1ccccc1CCC(=O)O)N(C)C(=O)/C(C#N)=C\c1nccs1. The molecule has 0 bridgehead atoms. The van der Waals surface area contributed by atoms with Crippen molar-refractivity contribution in [3.8, 4) is 6.07 Å². The topological polar surface area (TPSA) is 94.3 Å². The molecule has 7 heteroatoms. The van der Waals surface area contributed by atoms with Crippen molar-refractivity contribution in [2.75, 3.05) is 7.05 Å². The quantitative estimate of drug-likeness (QED) is 0.508. The lowest BCUT2D eigenvalue weighted by Gasteiger charge is -2.30. The van der Waals surface area contributed by atoms with Gasteiger partial charge in [-0.1, -0.05) is 37.6 Å². The Labute approximate surface area is 168 Å². The number of aryl methyl sites for hydroxylation is 1. The summed E-state index contributed by atoms with van der Waals surface area (Å²) in [7, 11) is 1.68. The van der Waals surface area contributed by atoms with Crippen molar-refractivity contribution < 1.29 is 14.7 Å². The summed E-state index contributed by atoms with van der Waals surface area (Å²) in [5.41, 5.74) is 1.86. The number of nitriles is 1. The largest absolute Gasteiger partial charge is 0.481 e. The smallest absolute Gasteiger partial charge is 0.303 e. The van der Waals surface area contributed by atoms with Crippen LogP contribution < -0.4 is 0 Å². The molecule has 1 heterocycles. The minimum Gasteiger partial charge on any atom is -0.481 e. The van der Waals surface area contributed by atoms with Crippen molar-refractivity contribution in [2.24, 2.45) is 0 Å². The summed E-state index contributed by atoms with van der Waals surface area (Å²) in [6.45, 7) is 2.03. The van der Waals surface area contributed by atoms with Crippen molar-refractivity contribution in [1.82, 2.24) is 9.88 Å². The molecule has 0 aliphatic carbocycles. The summed E-state index contributed by atoms with van der Waals surface area (Å²) in [6, 6.07) is 9.33. The number of carbonyl (C=O) groups excluding carboxylic acids is 1. The van der Waals surface area contributed by atoms with Gasteiger partial charge >= 0.3 is 5.97 Å². The molecule has 0 spiro atoms. The Balaban J connectivity index is 2.34. The van der Waals surface area contributed by atoms with Gasteiger partial charge in [0.05, 0.1) is 6.04 Å². The molecule has 2 aromatic rings. The van der Waals surface area contributed by atoms with Crippen LogP contribution in [0.2, 0.25) is 0 Å². The van der Waals surface area contributed by atoms with E-state index >= 15 is 0 Å². The van der Waals surface area contributed by atoms with Crippen molar-refractivity contribution in [2.45, 2.75) is 38.6 Å². The zero-order valence-corrected chi connectivity index (χ0v) is 16.8. The Hall–Kier alpha value is -2.98. The van der Waals surface area contributed by atoms with Gasteiger partial charge in [-0.05, 0) is 30.0 Å². The molecule has 0 aliphatic rings. The number of rotatable bonds is 9. The first kappa shape index (κ1) is 21.3. The molecule has 6 nitrogen and oxygen atoms in total. The fraction of sp³-hybridized carbons (Fsp3) is 0.333. The molecule has 1 N–H and O–H groups in total. The number of carboxylic acids is 1. The van der Waals surface area contributed by atoms with Gasteiger partial charge in [0.25, 0.3) is 5.91 Å². The number of aliphatic carboxylic acids is 1. The standard InChI is InChI=1S/C21H23N3O3S/c1-3-6-18(17-8-5-4-7-15(17)9-10-20(25)26)24(2)21(27)16(14-22)13-19-23-11-12-28-19/h4-5,7-8,11-13,18H,3,6,9-10H2,1-2H3,(H,25,26)/b16-13-. The van der Waals surface area contributed by atoms with Gasteiger partial charge < -0.3 is 10.0 Å². The highest BCUT2D eigenvalue weighted by Crippen LogP contribution is 2.29. The molecule has 146 valence electrons. The second kappa shape index (κ2) is 10.4. The number of likely N-dealkylation sites (N-methyl/N-ethyl adjacent to an activating group) is 1. The van der Waals surface area contributed by atoms with Crippen LogP contribution in [0.3, 0.4) is 0 Å². The maximum atomic E-state index is 13.0. The van der Waals surface area contributed by atoms with Gasteiger partial charge in [0.15, 0.2) is 0 Å². The number of thiazole rings is 1. The summed E-state index contributed by atoms with van der Waals surface area (Å²) in [6.07, 6.45) is 5.10. The molecular weight excluding hydrogens is 374 g/mol. The van der Waals surface area contributed by atoms with Crippen LogP contribution in [0.5, 0.6) is 0 Å². The first-order valence-electron chi connectivity index (χ1n) is 9.06. The Morgan fingerprint density at radius 2 is 2.14 bits per heavy atom. The van der Waals surface area contributed by atoms with E-state index in [1.165, 1.54) is 17.4 Å². The number of benzene rings is 1. The third-order valence-corrected chi connectivity index (χ3v) is 5.16. The number of amides is 1. The van der Waals surface area contributed by atoms with Crippen LogP contribution in [0.25, 0.3) is 6.08 Å². The van der Waals surface area contributed by atoms with Gasteiger partial charge in [-0.25, -0.2) is 4.98 Å². The Morgan fingerprint density at radius 1 is 1.39 bits per heavy atom. The van der Waals surface area contributed by atoms with Crippen LogP contribution in [-0.2, 0) is 16.0 Å². The van der Waals surface area contributed by atoms with Crippen molar-refractivity contribution in [3.05, 3.63) is 57.6 Å². The zero-order chi connectivity index (χ0) is 20.5. The molecule has 0 saturated carbocycles. The summed E-state index contributed by atoms with van der Waals surface area (Å²) in [5.74, 6) is -1.23. The highest BCUT2D eigenvalue weighted by Gasteiger charge is 2.25. The average molecular weight is 398 g/mol. The Bertz CT molecular complexity index is 885. The summed E-state index contributed by atoms with van der Waals surface area (Å²) < 4.78 is 0. The molecule has 0 saturated heterocycles. The predicted molar refractivity (Wildman–Crippen MR) is 109 cm³/mol. The van der Waals surface area contributed by atoms with E-state index in [4.69, 9.17) is 5.11 Å². The molecule has 28 heavy (non-hydrogen) atoms. The molecule has 0 fully saturated rings. The van der Waals surface area contributed by atoms with E-state index in [-0.39, 0.29) is 23.9 Å². The third-order valence-electron chi connectivity index (χ3n) is 4.44. The number of carbonyl (C=O) groups is 2. The first-order valence-corrected chi connectivity index (χ1v) is 9.93. The molecule has 0 aliphatic heterocycles. The second-order valence-electron chi connectivity index (χ2n) is 6.35. The molecule has 1 aromatic carbocycles. The first-order chi connectivity index (χ1) is 13.5. The summed E-state index contributed by atoms with van der Waals surface area (Å²) >= 11 is 1.36. The van der Waals surface area contributed by atoms with E-state index in [0.717, 1.165) is 17.5 Å². The highest BCUT2D eigenvalue weighted by atomic mass is 32.1. The van der Waals surface area contributed by atoms with Crippen LogP contribution in [0.4, 0.5) is 0 Å². The van der Waals surface area contributed by atoms with Gasteiger partial charge in [-0.2, -0.15) is 5.26 Å². The Kier molecular flexibility index (Phi) is 7.90. The van der Waals surface area contributed by atoms with E-state index in [1.807, 2.05) is 37.3 Å². The van der Waals surface area contributed by atoms with Crippen LogP contribution in [0.1, 0.15) is 48.4 Å². The van der Waals surface area contributed by atoms with Crippen LogP contribution >= 0.6 is 11.3 Å². The monoisotopic (exact) mass is 397 g/mol. The molecule has 1 aromatic heterocycles. The second-order valence-corrected chi connectivity index (χ2v) is 7.28.